The van der Waals surface area contributed by atoms with Crippen molar-refractivity contribution in [3.8, 4) is 0 Å². The highest BCUT2D eigenvalue weighted by molar-refractivity contribution is 6.00. The van der Waals surface area contributed by atoms with Gasteiger partial charge < -0.3 is 10.6 Å². The fourth-order valence-electron chi connectivity index (χ4n) is 2.20. The zero-order valence-corrected chi connectivity index (χ0v) is 10.9. The summed E-state index contributed by atoms with van der Waals surface area (Å²) in [5, 5.41) is 7.59. The van der Waals surface area contributed by atoms with Crippen LogP contribution in [-0.2, 0) is 0 Å². The molecule has 0 unspecified atom stereocenters. The lowest BCUT2D eigenvalue weighted by molar-refractivity contribution is 0.604. The highest BCUT2D eigenvalue weighted by atomic mass is 19.1. The van der Waals surface area contributed by atoms with Crippen LogP contribution in [-0.4, -0.2) is 18.4 Å². The van der Waals surface area contributed by atoms with Gasteiger partial charge in [-0.3, -0.25) is 5.41 Å². The molecule has 1 aliphatic rings. The Morgan fingerprint density at radius 2 is 2.17 bits per heavy atom. The van der Waals surface area contributed by atoms with Gasteiger partial charge in [-0.25, -0.2) is 4.39 Å². The quantitative estimate of drug-likeness (QED) is 0.622. The summed E-state index contributed by atoms with van der Waals surface area (Å²) in [6.45, 7) is 5.23. The summed E-state index contributed by atoms with van der Waals surface area (Å²) in [6.07, 6.45) is 2.34. The molecule has 0 amide bonds. The largest absolute Gasteiger partial charge is 0.384 e. The average molecular weight is 249 g/mol. The molecule has 2 rings (SSSR count). The Kier molecular flexibility index (Phi) is 3.55. The maximum absolute atomic E-state index is 13.3. The van der Waals surface area contributed by atoms with Gasteiger partial charge in [0.05, 0.1) is 0 Å². The molecule has 0 bridgehead atoms. The van der Waals surface area contributed by atoms with Crippen LogP contribution in [0.1, 0.15) is 32.3 Å². The molecule has 1 saturated carbocycles. The maximum atomic E-state index is 13.3. The number of benzene rings is 1. The molecule has 3 N–H and O–H groups in total. The number of anilines is 1. The molecule has 0 radical (unpaired) electrons. The third kappa shape index (κ3) is 2.81. The number of amidine groups is 1. The second-order valence-electron chi connectivity index (χ2n) is 5.35. The van der Waals surface area contributed by atoms with Crippen molar-refractivity contribution in [2.24, 2.45) is 11.7 Å². The summed E-state index contributed by atoms with van der Waals surface area (Å²) in [7, 11) is 0. The van der Waals surface area contributed by atoms with Crippen LogP contribution in [0.5, 0.6) is 0 Å². The van der Waals surface area contributed by atoms with Crippen LogP contribution in [0.3, 0.4) is 0 Å². The fraction of sp³-hybridized carbons (Fsp3) is 0.500. The van der Waals surface area contributed by atoms with E-state index in [9.17, 15) is 4.39 Å². The molecule has 0 saturated heterocycles. The lowest BCUT2D eigenvalue weighted by Crippen LogP contribution is -2.32. The van der Waals surface area contributed by atoms with Gasteiger partial charge in [-0.15, -0.1) is 0 Å². The van der Waals surface area contributed by atoms with E-state index in [1.807, 2.05) is 0 Å². The van der Waals surface area contributed by atoms with Crippen LogP contribution in [0, 0.1) is 17.1 Å². The number of rotatable bonds is 5. The first kappa shape index (κ1) is 12.9. The Bertz CT molecular complexity index is 452. The van der Waals surface area contributed by atoms with Crippen molar-refractivity contribution in [2.75, 3.05) is 11.4 Å². The van der Waals surface area contributed by atoms with Gasteiger partial charge in [0.15, 0.2) is 0 Å². The number of nitrogens with one attached hydrogen (secondary N) is 1. The van der Waals surface area contributed by atoms with Crippen molar-refractivity contribution in [3.63, 3.8) is 0 Å². The molecule has 0 aliphatic heterocycles. The first-order valence-electron chi connectivity index (χ1n) is 6.39. The lowest BCUT2D eigenvalue weighted by atomic mass is 10.1. The Morgan fingerprint density at radius 3 is 2.67 bits per heavy atom. The molecule has 1 fully saturated rings. The molecule has 0 spiro atoms. The number of hydrogen-bond acceptors (Lipinski definition) is 2. The lowest BCUT2D eigenvalue weighted by Gasteiger charge is -2.28. The Morgan fingerprint density at radius 1 is 1.50 bits per heavy atom. The molecule has 18 heavy (non-hydrogen) atoms. The van der Waals surface area contributed by atoms with Gasteiger partial charge in [0.1, 0.15) is 11.7 Å². The standard InChI is InChI=1S/C14H20FN3/c1-9(2)8-18(11-4-5-11)13-6-3-10(15)7-12(13)14(16)17/h3,6-7,9,11H,4-5,8H2,1-2H3,(H3,16,17). The molecule has 0 atom stereocenters. The van der Waals surface area contributed by atoms with Gasteiger partial charge in [0.25, 0.3) is 0 Å². The molecule has 1 aromatic rings. The first-order valence-corrected chi connectivity index (χ1v) is 6.39. The minimum Gasteiger partial charge on any atom is -0.384 e. The fourth-order valence-corrected chi connectivity index (χ4v) is 2.20. The van der Waals surface area contributed by atoms with Crippen molar-refractivity contribution < 1.29 is 4.39 Å². The number of nitrogen functional groups attached to an aromatic ring is 1. The molecule has 0 aromatic heterocycles. The first-order chi connectivity index (χ1) is 8.49. The molecule has 98 valence electrons. The minimum atomic E-state index is -0.343. The molecule has 4 heteroatoms. The van der Waals surface area contributed by atoms with E-state index in [4.69, 9.17) is 11.1 Å². The van der Waals surface area contributed by atoms with Crippen LogP contribution < -0.4 is 10.6 Å². The zero-order chi connectivity index (χ0) is 13.3. The van der Waals surface area contributed by atoms with Crippen LogP contribution in [0.15, 0.2) is 18.2 Å². The molecule has 1 aliphatic carbocycles. The van der Waals surface area contributed by atoms with Crippen LogP contribution in [0.2, 0.25) is 0 Å². The van der Waals surface area contributed by atoms with E-state index in [-0.39, 0.29) is 11.7 Å². The molecule has 1 aromatic carbocycles. The average Bonchev–Trinajstić information content (AvgIpc) is 3.09. The molecular formula is C14H20FN3. The Hall–Kier alpha value is -1.58. The summed E-state index contributed by atoms with van der Waals surface area (Å²) < 4.78 is 13.3. The third-order valence-corrected chi connectivity index (χ3v) is 3.11. The molecule has 0 heterocycles. The van der Waals surface area contributed by atoms with Gasteiger partial charge in [-0.2, -0.15) is 0 Å². The number of nitrogens with zero attached hydrogens (tertiary/aromatic N) is 1. The van der Waals surface area contributed by atoms with E-state index >= 15 is 0 Å². The van der Waals surface area contributed by atoms with E-state index < -0.39 is 0 Å². The van der Waals surface area contributed by atoms with Gasteiger partial charge >= 0.3 is 0 Å². The van der Waals surface area contributed by atoms with Crippen LogP contribution in [0.4, 0.5) is 10.1 Å². The number of nitrogens with two attached hydrogens (primary N) is 1. The van der Waals surface area contributed by atoms with Crippen molar-refractivity contribution >= 4 is 11.5 Å². The van der Waals surface area contributed by atoms with Gasteiger partial charge in [-0.1, -0.05) is 13.8 Å². The second kappa shape index (κ2) is 4.96. The highest BCUT2D eigenvalue weighted by Crippen LogP contribution is 2.34. The van der Waals surface area contributed by atoms with E-state index in [0.717, 1.165) is 12.2 Å². The van der Waals surface area contributed by atoms with E-state index in [2.05, 4.69) is 18.7 Å². The van der Waals surface area contributed by atoms with Gasteiger partial charge in [-0.05, 0) is 37.0 Å². The van der Waals surface area contributed by atoms with E-state index in [1.165, 1.54) is 25.0 Å². The monoisotopic (exact) mass is 249 g/mol. The number of hydrogen-bond donors (Lipinski definition) is 2. The summed E-state index contributed by atoms with van der Waals surface area (Å²) in [5.41, 5.74) is 6.95. The zero-order valence-electron chi connectivity index (χ0n) is 10.9. The predicted molar refractivity (Wildman–Crippen MR) is 72.6 cm³/mol. The summed E-state index contributed by atoms with van der Waals surface area (Å²) >= 11 is 0. The topological polar surface area (TPSA) is 53.1 Å². The SMILES string of the molecule is CC(C)CN(c1ccc(F)cc1C(=N)N)C1CC1. The van der Waals surface area contributed by atoms with Crippen LogP contribution >= 0.6 is 0 Å². The Labute approximate surface area is 107 Å². The van der Waals surface area contributed by atoms with Crippen molar-refractivity contribution in [1.29, 1.82) is 5.41 Å². The Balaban J connectivity index is 2.37. The van der Waals surface area contributed by atoms with Crippen LogP contribution in [0.25, 0.3) is 0 Å². The van der Waals surface area contributed by atoms with E-state index in [0.29, 0.717) is 17.5 Å². The molecular weight excluding hydrogens is 229 g/mol. The summed E-state index contributed by atoms with van der Waals surface area (Å²) in [5.74, 6) is 0.110. The van der Waals surface area contributed by atoms with Crippen molar-refractivity contribution in [3.05, 3.63) is 29.6 Å². The third-order valence-electron chi connectivity index (χ3n) is 3.11. The normalized spacial score (nSPS) is 14.9. The molecule has 3 nitrogen and oxygen atoms in total. The number of halogens is 1. The minimum absolute atomic E-state index is 0.0705. The van der Waals surface area contributed by atoms with Crippen molar-refractivity contribution in [1.82, 2.24) is 0 Å². The van der Waals surface area contributed by atoms with Gasteiger partial charge in [0.2, 0.25) is 0 Å². The predicted octanol–water partition coefficient (Wildman–Crippen LogP) is 2.73. The smallest absolute Gasteiger partial charge is 0.125 e. The van der Waals surface area contributed by atoms with E-state index in [1.54, 1.807) is 6.07 Å². The highest BCUT2D eigenvalue weighted by Gasteiger charge is 2.31. The maximum Gasteiger partial charge on any atom is 0.125 e. The second-order valence-corrected chi connectivity index (χ2v) is 5.35. The summed E-state index contributed by atoms with van der Waals surface area (Å²) in [6, 6.07) is 5.06. The van der Waals surface area contributed by atoms with Gasteiger partial charge in [0, 0.05) is 23.8 Å². The summed E-state index contributed by atoms with van der Waals surface area (Å²) in [4.78, 5) is 2.26. The van der Waals surface area contributed by atoms with Crippen molar-refractivity contribution in [2.45, 2.75) is 32.7 Å².